The fraction of sp³-hybridized carbons (Fsp3) is 0.176. The molecule has 19 heavy (non-hydrogen) atoms. The smallest absolute Gasteiger partial charge is 0.138 e. The summed E-state index contributed by atoms with van der Waals surface area (Å²) in [5.41, 5.74) is 1.25. The summed E-state index contributed by atoms with van der Waals surface area (Å²) in [5, 5.41) is 0. The summed E-state index contributed by atoms with van der Waals surface area (Å²) in [6.07, 6.45) is 0.981. The number of halogens is 1. The van der Waals surface area contributed by atoms with Crippen molar-refractivity contribution in [2.75, 3.05) is 6.61 Å². The first-order valence-corrected chi connectivity index (χ1v) is 6.29. The standard InChI is InChI=1S/C17H15FO/c1-2-13-19-16-11-8-14(9-12-16)7-10-15-5-3-4-6-17(15)18/h3-6,8-9,11-12H,2,13H2,1H3. The molecule has 2 rings (SSSR count). The molecule has 0 spiro atoms. The van der Waals surface area contributed by atoms with Crippen LogP contribution in [0.25, 0.3) is 0 Å². The molecule has 1 nitrogen and oxygen atoms in total. The van der Waals surface area contributed by atoms with Crippen LogP contribution in [0.15, 0.2) is 48.5 Å². The molecule has 0 unspecified atom stereocenters. The zero-order valence-electron chi connectivity index (χ0n) is 10.8. The maximum absolute atomic E-state index is 13.4. The Bertz CT molecular complexity index is 591. The van der Waals surface area contributed by atoms with Gasteiger partial charge in [0.05, 0.1) is 12.2 Å². The van der Waals surface area contributed by atoms with E-state index in [1.165, 1.54) is 6.07 Å². The third-order valence-electron chi connectivity index (χ3n) is 2.54. The second-order valence-electron chi connectivity index (χ2n) is 4.10. The van der Waals surface area contributed by atoms with E-state index in [9.17, 15) is 4.39 Å². The number of hydrogen-bond donors (Lipinski definition) is 0. The second kappa shape index (κ2) is 6.61. The fourth-order valence-corrected chi connectivity index (χ4v) is 1.56. The first kappa shape index (κ1) is 13.2. The van der Waals surface area contributed by atoms with Crippen molar-refractivity contribution in [1.29, 1.82) is 0 Å². The van der Waals surface area contributed by atoms with Crippen LogP contribution in [-0.4, -0.2) is 6.61 Å². The van der Waals surface area contributed by atoms with Crippen molar-refractivity contribution in [2.45, 2.75) is 13.3 Å². The molecule has 0 aliphatic carbocycles. The highest BCUT2D eigenvalue weighted by atomic mass is 19.1. The summed E-state index contributed by atoms with van der Waals surface area (Å²) in [6, 6.07) is 14.0. The van der Waals surface area contributed by atoms with E-state index in [4.69, 9.17) is 4.74 Å². The zero-order chi connectivity index (χ0) is 13.5. The van der Waals surface area contributed by atoms with Crippen molar-refractivity contribution in [1.82, 2.24) is 0 Å². The van der Waals surface area contributed by atoms with E-state index in [2.05, 4.69) is 18.8 Å². The van der Waals surface area contributed by atoms with E-state index in [-0.39, 0.29) is 5.82 Å². The molecule has 96 valence electrons. The van der Waals surface area contributed by atoms with E-state index in [1.54, 1.807) is 18.2 Å². The molecule has 0 fully saturated rings. The molecular formula is C17H15FO. The van der Waals surface area contributed by atoms with Gasteiger partial charge in [0, 0.05) is 5.56 Å². The van der Waals surface area contributed by atoms with Gasteiger partial charge < -0.3 is 4.74 Å². The van der Waals surface area contributed by atoms with E-state index >= 15 is 0 Å². The minimum absolute atomic E-state index is 0.294. The molecule has 0 aromatic heterocycles. The largest absolute Gasteiger partial charge is 0.494 e. The van der Waals surface area contributed by atoms with Gasteiger partial charge in [-0.05, 0) is 42.8 Å². The molecule has 2 aromatic carbocycles. The highest BCUT2D eigenvalue weighted by molar-refractivity contribution is 5.44. The topological polar surface area (TPSA) is 9.23 Å². The van der Waals surface area contributed by atoms with Crippen molar-refractivity contribution >= 4 is 0 Å². The predicted molar refractivity (Wildman–Crippen MR) is 74.6 cm³/mol. The Morgan fingerprint density at radius 2 is 1.74 bits per heavy atom. The van der Waals surface area contributed by atoms with Crippen LogP contribution in [0.5, 0.6) is 5.75 Å². The van der Waals surface area contributed by atoms with Crippen LogP contribution in [0, 0.1) is 17.7 Å². The minimum atomic E-state index is -0.294. The molecule has 2 aromatic rings. The summed E-state index contributed by atoms with van der Waals surface area (Å²) in [4.78, 5) is 0. The Hall–Kier alpha value is -2.27. The normalized spacial score (nSPS) is 9.58. The third-order valence-corrected chi connectivity index (χ3v) is 2.54. The maximum atomic E-state index is 13.4. The molecule has 0 aliphatic rings. The van der Waals surface area contributed by atoms with E-state index in [1.807, 2.05) is 24.3 Å². The lowest BCUT2D eigenvalue weighted by atomic mass is 10.1. The van der Waals surface area contributed by atoms with Crippen molar-refractivity contribution in [2.24, 2.45) is 0 Å². The van der Waals surface area contributed by atoms with Crippen LogP contribution in [0.4, 0.5) is 4.39 Å². The maximum Gasteiger partial charge on any atom is 0.138 e. The average molecular weight is 254 g/mol. The number of rotatable bonds is 3. The van der Waals surface area contributed by atoms with Gasteiger partial charge in [-0.3, -0.25) is 0 Å². The lowest BCUT2D eigenvalue weighted by Crippen LogP contribution is -1.94. The minimum Gasteiger partial charge on any atom is -0.494 e. The van der Waals surface area contributed by atoms with Gasteiger partial charge in [-0.1, -0.05) is 30.9 Å². The molecule has 0 atom stereocenters. The van der Waals surface area contributed by atoms with Gasteiger partial charge in [-0.2, -0.15) is 0 Å². The molecule has 0 heterocycles. The third kappa shape index (κ3) is 3.86. The average Bonchev–Trinajstić information content (AvgIpc) is 2.45. The van der Waals surface area contributed by atoms with Gasteiger partial charge in [0.2, 0.25) is 0 Å². The van der Waals surface area contributed by atoms with E-state index < -0.39 is 0 Å². The number of hydrogen-bond acceptors (Lipinski definition) is 1. The van der Waals surface area contributed by atoms with Crippen LogP contribution in [0.3, 0.4) is 0 Å². The van der Waals surface area contributed by atoms with Crippen LogP contribution >= 0.6 is 0 Å². The molecule has 0 saturated heterocycles. The molecule has 2 heteroatoms. The molecular weight excluding hydrogens is 239 g/mol. The second-order valence-corrected chi connectivity index (χ2v) is 4.10. The van der Waals surface area contributed by atoms with E-state index in [0.717, 1.165) is 17.7 Å². The van der Waals surface area contributed by atoms with Crippen molar-refractivity contribution in [3.05, 3.63) is 65.5 Å². The number of ether oxygens (including phenoxy) is 1. The van der Waals surface area contributed by atoms with Gasteiger partial charge in [0.25, 0.3) is 0 Å². The Morgan fingerprint density at radius 3 is 2.42 bits per heavy atom. The van der Waals surface area contributed by atoms with Gasteiger partial charge in [-0.25, -0.2) is 4.39 Å². The fourth-order valence-electron chi connectivity index (χ4n) is 1.56. The Balaban J connectivity index is 2.10. The van der Waals surface area contributed by atoms with Crippen LogP contribution < -0.4 is 4.74 Å². The summed E-state index contributed by atoms with van der Waals surface area (Å²) in [6.45, 7) is 2.77. The van der Waals surface area contributed by atoms with Gasteiger partial charge in [-0.15, -0.1) is 0 Å². The summed E-state index contributed by atoms with van der Waals surface area (Å²) >= 11 is 0. The highest BCUT2D eigenvalue weighted by Gasteiger charge is 1.96. The first-order chi connectivity index (χ1) is 9.29. The van der Waals surface area contributed by atoms with E-state index in [0.29, 0.717) is 12.2 Å². The molecule has 0 radical (unpaired) electrons. The van der Waals surface area contributed by atoms with Crippen LogP contribution in [0.2, 0.25) is 0 Å². The number of benzene rings is 2. The summed E-state index contributed by atoms with van der Waals surface area (Å²) in [7, 11) is 0. The van der Waals surface area contributed by atoms with Crippen molar-refractivity contribution in [3.63, 3.8) is 0 Å². The molecule has 0 aliphatic heterocycles. The lowest BCUT2D eigenvalue weighted by Gasteiger charge is -2.03. The van der Waals surface area contributed by atoms with Crippen LogP contribution in [0.1, 0.15) is 24.5 Å². The quantitative estimate of drug-likeness (QED) is 0.752. The summed E-state index contributed by atoms with van der Waals surface area (Å²) in [5.74, 6) is 6.30. The molecule has 0 N–H and O–H groups in total. The Labute approximate surface area is 113 Å². The van der Waals surface area contributed by atoms with Gasteiger partial charge in [0.1, 0.15) is 11.6 Å². The van der Waals surface area contributed by atoms with Crippen molar-refractivity contribution in [3.8, 4) is 17.6 Å². The van der Waals surface area contributed by atoms with Gasteiger partial charge in [0.15, 0.2) is 0 Å². The highest BCUT2D eigenvalue weighted by Crippen LogP contribution is 2.12. The predicted octanol–water partition coefficient (Wildman–Crippen LogP) is 4.01. The monoisotopic (exact) mass is 254 g/mol. The SMILES string of the molecule is CCCOc1ccc(C#Cc2ccccc2F)cc1. The van der Waals surface area contributed by atoms with Crippen molar-refractivity contribution < 1.29 is 9.13 Å². The van der Waals surface area contributed by atoms with Gasteiger partial charge >= 0.3 is 0 Å². The first-order valence-electron chi connectivity index (χ1n) is 6.29. The Morgan fingerprint density at radius 1 is 1.00 bits per heavy atom. The Kier molecular flexibility index (Phi) is 4.58. The summed E-state index contributed by atoms with van der Waals surface area (Å²) < 4.78 is 18.9. The molecule has 0 saturated carbocycles. The lowest BCUT2D eigenvalue weighted by molar-refractivity contribution is 0.317. The zero-order valence-corrected chi connectivity index (χ0v) is 10.8. The molecule has 0 bridgehead atoms. The molecule has 0 amide bonds. The van der Waals surface area contributed by atoms with Crippen LogP contribution in [-0.2, 0) is 0 Å².